The molecule has 0 aliphatic rings. The summed E-state index contributed by atoms with van der Waals surface area (Å²) in [5.74, 6) is 3.82. The van der Waals surface area contributed by atoms with Crippen LogP contribution in [-0.4, -0.2) is 31.8 Å². The first kappa shape index (κ1) is 24.4. The first-order valence-corrected chi connectivity index (χ1v) is 12.4. The van der Waals surface area contributed by atoms with Crippen molar-refractivity contribution in [3.8, 4) is 28.9 Å². The largest absolute Gasteiger partial charge is 0.435 e. The van der Waals surface area contributed by atoms with Gasteiger partial charge in [-0.15, -0.1) is 0 Å². The molecule has 0 radical (unpaired) electrons. The molecule has 0 saturated carbocycles. The third-order valence-electron chi connectivity index (χ3n) is 5.12. The van der Waals surface area contributed by atoms with Gasteiger partial charge in [0, 0.05) is 28.9 Å². The van der Waals surface area contributed by atoms with Crippen molar-refractivity contribution in [1.82, 2.24) is 14.3 Å². The van der Waals surface area contributed by atoms with Gasteiger partial charge in [-0.2, -0.15) is 14.0 Å². The number of hydrogen-bond donors (Lipinski definition) is 1. The summed E-state index contributed by atoms with van der Waals surface area (Å²) < 4.78 is 48.3. The number of nitrogens with zero attached hydrogens (tertiary/aromatic N) is 3. The minimum atomic E-state index is -2.98. The zero-order valence-electron chi connectivity index (χ0n) is 19.5. The number of aromatic nitrogens is 2. The molecule has 4 rings (SSSR count). The summed E-state index contributed by atoms with van der Waals surface area (Å²) in [4.78, 5) is 4.94. The van der Waals surface area contributed by atoms with Gasteiger partial charge in [-0.25, -0.2) is 8.93 Å². The Kier molecular flexibility index (Phi) is 6.36. The van der Waals surface area contributed by atoms with Gasteiger partial charge in [0.1, 0.15) is 11.8 Å². The Labute approximate surface area is 202 Å². The van der Waals surface area contributed by atoms with Crippen molar-refractivity contribution in [2.45, 2.75) is 37.8 Å². The Morgan fingerprint density at radius 1 is 1.14 bits per heavy atom. The monoisotopic (exact) mass is 494 g/mol. The van der Waals surface area contributed by atoms with Gasteiger partial charge < -0.3 is 9.30 Å². The molecular weight excluding hydrogens is 470 g/mol. The quantitative estimate of drug-likeness (QED) is 0.357. The number of ether oxygens (including phenoxy) is 1. The Morgan fingerprint density at radius 3 is 2.43 bits per heavy atom. The van der Waals surface area contributed by atoms with E-state index in [2.05, 4.69) is 26.4 Å². The van der Waals surface area contributed by atoms with Crippen LogP contribution in [0.15, 0.2) is 71.8 Å². The predicted octanol–water partition coefficient (Wildman–Crippen LogP) is 5.54. The van der Waals surface area contributed by atoms with E-state index in [1.807, 2.05) is 51.1 Å². The summed E-state index contributed by atoms with van der Waals surface area (Å²) in [6.45, 7) is 2.70. The molecule has 180 valence electrons. The van der Waals surface area contributed by atoms with Crippen LogP contribution in [-0.2, 0) is 9.71 Å². The highest BCUT2D eigenvalue weighted by molar-refractivity contribution is 7.98. The number of halogens is 2. The summed E-state index contributed by atoms with van der Waals surface area (Å²) >= 11 is 0. The summed E-state index contributed by atoms with van der Waals surface area (Å²) in [5, 5.41) is 10.6. The van der Waals surface area contributed by atoms with Crippen molar-refractivity contribution in [2.75, 3.05) is 0 Å². The zero-order valence-corrected chi connectivity index (χ0v) is 20.3. The fraction of sp³-hybridized carbons (Fsp3) is 0.192. The van der Waals surface area contributed by atoms with Crippen molar-refractivity contribution < 1.29 is 17.7 Å². The molecule has 2 aromatic carbocycles. The molecule has 0 fully saturated rings. The molecule has 4 aromatic rings. The summed E-state index contributed by atoms with van der Waals surface area (Å²) in [5.41, 5.74) is 2.06. The van der Waals surface area contributed by atoms with Crippen LogP contribution in [0.4, 0.5) is 8.78 Å². The first-order valence-electron chi connectivity index (χ1n) is 10.7. The Balaban J connectivity index is 1.94. The number of hydrogen-bond acceptors (Lipinski definition) is 4. The number of benzene rings is 2. The third kappa shape index (κ3) is 5.04. The van der Waals surface area contributed by atoms with Crippen LogP contribution in [0, 0.1) is 11.3 Å². The van der Waals surface area contributed by atoms with Crippen molar-refractivity contribution in [3.05, 3.63) is 72.4 Å². The molecule has 0 bridgehead atoms. The molecular formula is C26H24F2N4O2S. The van der Waals surface area contributed by atoms with E-state index in [4.69, 9.17) is 0 Å². The first-order chi connectivity index (χ1) is 16.5. The molecule has 1 N–H and O–H groups in total. The van der Waals surface area contributed by atoms with E-state index >= 15 is 0 Å². The summed E-state index contributed by atoms with van der Waals surface area (Å²) in [6.07, 6.45) is 1.48. The van der Waals surface area contributed by atoms with E-state index in [9.17, 15) is 18.3 Å². The Hall–Kier alpha value is -3.74. The van der Waals surface area contributed by atoms with Crippen molar-refractivity contribution in [3.63, 3.8) is 0 Å². The molecule has 2 aromatic heterocycles. The molecule has 35 heavy (non-hydrogen) atoms. The van der Waals surface area contributed by atoms with Crippen LogP contribution >= 0.6 is 0 Å². The molecule has 0 amide bonds. The van der Waals surface area contributed by atoms with E-state index in [1.54, 1.807) is 22.8 Å². The Bertz CT molecular complexity index is 1520. The molecule has 2 heterocycles. The maximum absolute atomic E-state index is 13.1. The fourth-order valence-corrected chi connectivity index (χ4v) is 5.53. The number of pyridine rings is 1. The van der Waals surface area contributed by atoms with Gasteiger partial charge >= 0.3 is 6.61 Å². The standard InChI is InChI=1S/C26H24F2N4O2S/c1-26(2,3)31-35(4,33)19-11-13-22(30-16-19)24-21(15-29)20-12-10-18(34-25(27)28)14-23(20)32(24)17-8-6-5-7-9-17/h5-14,16,25H,4H2,1-3H3,(H,31,33). The predicted molar refractivity (Wildman–Crippen MR) is 134 cm³/mol. The number of fused-ring (bicyclic) bond motifs is 1. The SMILES string of the molecule is C=S(=O)(NC(C)(C)C)c1ccc(-c2c(C#N)c3ccc(OC(F)F)cc3n2-c2ccccc2)nc1. The van der Waals surface area contributed by atoms with E-state index in [0.29, 0.717) is 38.4 Å². The zero-order chi connectivity index (χ0) is 25.4. The second-order valence-electron chi connectivity index (χ2n) is 8.97. The van der Waals surface area contributed by atoms with Crippen LogP contribution < -0.4 is 9.46 Å². The van der Waals surface area contributed by atoms with E-state index in [1.165, 1.54) is 18.3 Å². The highest BCUT2D eigenvalue weighted by Gasteiger charge is 2.23. The van der Waals surface area contributed by atoms with Gasteiger partial charge in [0.25, 0.3) is 0 Å². The van der Waals surface area contributed by atoms with Crippen LogP contribution in [0.2, 0.25) is 0 Å². The summed E-state index contributed by atoms with van der Waals surface area (Å²) in [7, 11) is -2.81. The third-order valence-corrected chi connectivity index (χ3v) is 7.07. The van der Waals surface area contributed by atoms with Crippen LogP contribution in [0.25, 0.3) is 28.0 Å². The smallest absolute Gasteiger partial charge is 0.387 e. The molecule has 0 aliphatic heterocycles. The van der Waals surface area contributed by atoms with Gasteiger partial charge in [0.2, 0.25) is 0 Å². The molecule has 0 aliphatic carbocycles. The van der Waals surface area contributed by atoms with E-state index in [-0.39, 0.29) is 5.75 Å². The number of rotatable bonds is 6. The lowest BCUT2D eigenvalue weighted by Gasteiger charge is -2.23. The Morgan fingerprint density at radius 2 is 1.86 bits per heavy atom. The molecule has 0 spiro atoms. The molecule has 0 saturated heterocycles. The molecule has 6 nitrogen and oxygen atoms in total. The maximum atomic E-state index is 13.1. The fourth-order valence-electron chi connectivity index (χ4n) is 3.91. The molecule has 1 atom stereocenters. The van der Waals surface area contributed by atoms with Crippen LogP contribution in [0.5, 0.6) is 5.75 Å². The number of alkyl halides is 2. The topological polar surface area (TPSA) is 79.9 Å². The van der Waals surface area contributed by atoms with Gasteiger partial charge in [-0.05, 0) is 63.0 Å². The number of nitrogens with one attached hydrogen (secondary N) is 1. The van der Waals surface area contributed by atoms with Crippen molar-refractivity contribution in [2.24, 2.45) is 0 Å². The van der Waals surface area contributed by atoms with E-state index < -0.39 is 21.9 Å². The van der Waals surface area contributed by atoms with Gasteiger partial charge in [0.15, 0.2) is 0 Å². The summed E-state index contributed by atoms with van der Waals surface area (Å²) in [6, 6.07) is 19.2. The van der Waals surface area contributed by atoms with Gasteiger partial charge in [-0.1, -0.05) is 18.2 Å². The number of para-hydroxylation sites is 1. The minimum Gasteiger partial charge on any atom is -0.435 e. The molecule has 1 unspecified atom stereocenters. The second-order valence-corrected chi connectivity index (χ2v) is 11.0. The second kappa shape index (κ2) is 9.13. The van der Waals surface area contributed by atoms with E-state index in [0.717, 1.165) is 0 Å². The van der Waals surface area contributed by atoms with Gasteiger partial charge in [-0.3, -0.25) is 4.98 Å². The maximum Gasteiger partial charge on any atom is 0.387 e. The highest BCUT2D eigenvalue weighted by Crippen LogP contribution is 2.37. The van der Waals surface area contributed by atoms with Crippen molar-refractivity contribution in [1.29, 1.82) is 5.26 Å². The number of nitriles is 1. The lowest BCUT2D eigenvalue weighted by atomic mass is 10.1. The highest BCUT2D eigenvalue weighted by atomic mass is 32.2. The molecule has 9 heteroatoms. The van der Waals surface area contributed by atoms with Crippen molar-refractivity contribution >= 4 is 26.5 Å². The average molecular weight is 495 g/mol. The lowest BCUT2D eigenvalue weighted by Crippen LogP contribution is -2.40. The van der Waals surface area contributed by atoms with Gasteiger partial charge in [0.05, 0.1) is 37.1 Å². The normalized spacial score (nSPS) is 13.5. The average Bonchev–Trinajstić information content (AvgIpc) is 3.11. The lowest BCUT2D eigenvalue weighted by molar-refractivity contribution is -0.0497. The minimum absolute atomic E-state index is 0.0217. The van der Waals surface area contributed by atoms with Crippen LogP contribution in [0.3, 0.4) is 0 Å². The van der Waals surface area contributed by atoms with Crippen LogP contribution in [0.1, 0.15) is 26.3 Å².